The Bertz CT molecular complexity index is 640. The number of likely N-dealkylation sites (N-methyl/N-ethyl adjacent to an activating group) is 1. The second-order valence-electron chi connectivity index (χ2n) is 5.91. The summed E-state index contributed by atoms with van der Waals surface area (Å²) < 4.78 is 0. The van der Waals surface area contributed by atoms with E-state index in [4.69, 9.17) is 0 Å². The second-order valence-corrected chi connectivity index (χ2v) is 5.91. The molecule has 0 bridgehead atoms. The van der Waals surface area contributed by atoms with Crippen LogP contribution in [-0.2, 0) is 4.79 Å². The lowest BCUT2D eigenvalue weighted by Crippen LogP contribution is -2.53. The zero-order chi connectivity index (χ0) is 17.7. The van der Waals surface area contributed by atoms with Gasteiger partial charge in [-0.3, -0.25) is 19.7 Å². The van der Waals surface area contributed by atoms with E-state index >= 15 is 0 Å². The van der Waals surface area contributed by atoms with Crippen molar-refractivity contribution >= 4 is 29.9 Å². The number of halogens is 1. The second kappa shape index (κ2) is 9.33. The van der Waals surface area contributed by atoms with Crippen molar-refractivity contribution in [2.75, 3.05) is 20.1 Å². The molecule has 1 aromatic carbocycles. The minimum atomic E-state index is -0.688. The average molecular weight is 371 g/mol. The van der Waals surface area contributed by atoms with E-state index in [1.165, 1.54) is 24.3 Å². The van der Waals surface area contributed by atoms with Crippen LogP contribution in [0.2, 0.25) is 0 Å². The van der Waals surface area contributed by atoms with Gasteiger partial charge in [0.2, 0.25) is 5.91 Å². The van der Waals surface area contributed by atoms with Gasteiger partial charge in [-0.05, 0) is 32.9 Å². The third kappa shape index (κ3) is 5.40. The zero-order valence-corrected chi connectivity index (χ0v) is 15.0. The number of hydrogen-bond acceptors (Lipinski definition) is 5. The molecule has 1 aliphatic heterocycles. The van der Waals surface area contributed by atoms with E-state index in [-0.39, 0.29) is 35.6 Å². The van der Waals surface area contributed by atoms with Crippen molar-refractivity contribution in [2.45, 2.75) is 31.8 Å². The minimum absolute atomic E-state index is 0. The summed E-state index contributed by atoms with van der Waals surface area (Å²) in [7, 11) is 1.87. The number of piperidine rings is 1. The molecule has 1 aromatic rings. The molecule has 1 heterocycles. The van der Waals surface area contributed by atoms with E-state index in [1.54, 1.807) is 11.8 Å². The number of nitro groups is 1. The molecule has 0 saturated carbocycles. The van der Waals surface area contributed by atoms with E-state index in [9.17, 15) is 19.7 Å². The van der Waals surface area contributed by atoms with Crippen LogP contribution >= 0.6 is 12.4 Å². The largest absolute Gasteiger partial charge is 0.341 e. The summed E-state index contributed by atoms with van der Waals surface area (Å²) in [5.41, 5.74) is 0.00474. The van der Waals surface area contributed by atoms with Crippen LogP contribution in [0.5, 0.6) is 0 Å². The summed E-state index contributed by atoms with van der Waals surface area (Å²) in [4.78, 5) is 36.7. The molecule has 2 unspecified atom stereocenters. The third-order valence-corrected chi connectivity index (χ3v) is 4.18. The van der Waals surface area contributed by atoms with Crippen LogP contribution in [0.1, 0.15) is 30.1 Å². The van der Waals surface area contributed by atoms with Crippen molar-refractivity contribution in [2.24, 2.45) is 0 Å². The van der Waals surface area contributed by atoms with Gasteiger partial charge in [-0.2, -0.15) is 0 Å². The monoisotopic (exact) mass is 370 g/mol. The summed E-state index contributed by atoms with van der Waals surface area (Å²) in [6.45, 7) is 2.92. The molecular weight excluding hydrogens is 348 g/mol. The molecule has 138 valence electrons. The van der Waals surface area contributed by atoms with E-state index in [2.05, 4.69) is 10.6 Å². The summed E-state index contributed by atoms with van der Waals surface area (Å²) in [5.74, 6) is -0.643. The van der Waals surface area contributed by atoms with Crippen LogP contribution in [-0.4, -0.2) is 53.9 Å². The predicted octanol–water partition coefficient (Wildman–Crippen LogP) is 1.35. The number of nitrogens with one attached hydrogen (secondary N) is 2. The minimum Gasteiger partial charge on any atom is -0.341 e. The molecule has 2 atom stereocenters. The van der Waals surface area contributed by atoms with Crippen LogP contribution in [0.15, 0.2) is 24.3 Å². The smallest absolute Gasteiger partial charge is 0.270 e. The lowest BCUT2D eigenvalue weighted by molar-refractivity contribution is -0.384. The molecule has 1 fully saturated rings. The maximum Gasteiger partial charge on any atom is 0.270 e. The number of nitro benzene ring substituents is 1. The van der Waals surface area contributed by atoms with E-state index in [0.717, 1.165) is 12.8 Å². The SMILES string of the molecule is CNC1CCCN(C(=O)C(C)NC(=O)c2cccc([N+](=O)[O-])c2)C1.Cl. The zero-order valence-electron chi connectivity index (χ0n) is 14.2. The Kier molecular flexibility index (Phi) is 7.79. The molecule has 1 aliphatic rings. The molecule has 0 aliphatic carbocycles. The Morgan fingerprint density at radius 3 is 2.76 bits per heavy atom. The number of rotatable bonds is 5. The molecule has 2 amide bonds. The molecule has 0 spiro atoms. The van der Waals surface area contributed by atoms with Gasteiger partial charge in [-0.15, -0.1) is 12.4 Å². The molecule has 8 nitrogen and oxygen atoms in total. The first-order valence-corrected chi connectivity index (χ1v) is 7.93. The van der Waals surface area contributed by atoms with Crippen LogP contribution in [0.3, 0.4) is 0 Å². The molecule has 25 heavy (non-hydrogen) atoms. The van der Waals surface area contributed by atoms with Crippen LogP contribution in [0.4, 0.5) is 5.69 Å². The van der Waals surface area contributed by atoms with E-state index in [0.29, 0.717) is 13.1 Å². The Balaban J connectivity index is 0.00000312. The quantitative estimate of drug-likeness (QED) is 0.601. The van der Waals surface area contributed by atoms with Gasteiger partial charge in [-0.1, -0.05) is 6.07 Å². The van der Waals surface area contributed by atoms with Gasteiger partial charge < -0.3 is 15.5 Å². The number of amides is 2. The Labute approximate surface area is 152 Å². The molecule has 9 heteroatoms. The number of benzene rings is 1. The third-order valence-electron chi connectivity index (χ3n) is 4.18. The van der Waals surface area contributed by atoms with Gasteiger partial charge in [0.1, 0.15) is 6.04 Å². The van der Waals surface area contributed by atoms with Crippen LogP contribution in [0, 0.1) is 10.1 Å². The number of hydrogen-bond donors (Lipinski definition) is 2. The number of non-ortho nitro benzene ring substituents is 1. The highest BCUT2D eigenvalue weighted by molar-refractivity contribution is 5.97. The topological polar surface area (TPSA) is 105 Å². The maximum atomic E-state index is 12.5. The van der Waals surface area contributed by atoms with Crippen LogP contribution < -0.4 is 10.6 Å². The normalized spacial score (nSPS) is 18.0. The Morgan fingerprint density at radius 2 is 2.12 bits per heavy atom. The molecule has 2 rings (SSSR count). The van der Waals surface area contributed by atoms with E-state index in [1.807, 2.05) is 7.05 Å². The van der Waals surface area contributed by atoms with Gasteiger partial charge in [0.15, 0.2) is 0 Å². The Hall–Kier alpha value is -2.19. The first-order chi connectivity index (χ1) is 11.4. The van der Waals surface area contributed by atoms with Gasteiger partial charge >= 0.3 is 0 Å². The highest BCUT2D eigenvalue weighted by Gasteiger charge is 2.27. The lowest BCUT2D eigenvalue weighted by atomic mass is 10.0. The van der Waals surface area contributed by atoms with Gasteiger partial charge in [0.05, 0.1) is 4.92 Å². The summed E-state index contributed by atoms with van der Waals surface area (Å²) >= 11 is 0. The van der Waals surface area contributed by atoms with Gasteiger partial charge in [0.25, 0.3) is 11.6 Å². The highest BCUT2D eigenvalue weighted by Crippen LogP contribution is 2.14. The molecule has 2 N–H and O–H groups in total. The van der Waals surface area contributed by atoms with E-state index < -0.39 is 16.9 Å². The fraction of sp³-hybridized carbons (Fsp3) is 0.500. The summed E-state index contributed by atoms with van der Waals surface area (Å²) in [5, 5.41) is 16.6. The first-order valence-electron chi connectivity index (χ1n) is 7.93. The number of carbonyl (C=O) groups excluding carboxylic acids is 2. The lowest BCUT2D eigenvalue weighted by Gasteiger charge is -2.34. The highest BCUT2D eigenvalue weighted by atomic mass is 35.5. The molecular formula is C16H23ClN4O4. The summed E-state index contributed by atoms with van der Waals surface area (Å²) in [6.07, 6.45) is 1.94. The molecule has 0 radical (unpaired) electrons. The number of carbonyl (C=O) groups is 2. The maximum absolute atomic E-state index is 12.5. The van der Waals surface area contributed by atoms with Crippen molar-refractivity contribution in [3.05, 3.63) is 39.9 Å². The molecule has 1 saturated heterocycles. The van der Waals surface area contributed by atoms with Gasteiger partial charge in [-0.25, -0.2) is 0 Å². The van der Waals surface area contributed by atoms with Crippen molar-refractivity contribution in [3.8, 4) is 0 Å². The number of nitrogens with zero attached hydrogens (tertiary/aromatic N) is 2. The van der Waals surface area contributed by atoms with Crippen LogP contribution in [0.25, 0.3) is 0 Å². The molecule has 0 aromatic heterocycles. The average Bonchev–Trinajstić information content (AvgIpc) is 2.61. The van der Waals surface area contributed by atoms with Crippen molar-refractivity contribution in [1.29, 1.82) is 0 Å². The predicted molar refractivity (Wildman–Crippen MR) is 95.9 cm³/mol. The van der Waals surface area contributed by atoms with Crippen molar-refractivity contribution in [1.82, 2.24) is 15.5 Å². The first kappa shape index (κ1) is 20.9. The summed E-state index contributed by atoms with van der Waals surface area (Å²) in [6, 6.07) is 5.02. The van der Waals surface area contributed by atoms with Crippen molar-refractivity contribution < 1.29 is 14.5 Å². The number of likely N-dealkylation sites (tertiary alicyclic amines) is 1. The standard InChI is InChI=1S/C16H22N4O4.ClH/c1-11(16(22)19-8-4-6-13(10-19)17-2)18-15(21)12-5-3-7-14(9-12)20(23)24;/h3,5,7,9,11,13,17H,4,6,8,10H2,1-2H3,(H,18,21);1H. The fourth-order valence-electron chi connectivity index (χ4n) is 2.79. The van der Waals surface area contributed by atoms with Crippen molar-refractivity contribution in [3.63, 3.8) is 0 Å². The van der Waals surface area contributed by atoms with Gasteiger partial charge in [0, 0.05) is 36.8 Å². The fourth-order valence-corrected chi connectivity index (χ4v) is 2.79. The Morgan fingerprint density at radius 1 is 1.40 bits per heavy atom.